The van der Waals surface area contributed by atoms with Crippen molar-refractivity contribution in [2.45, 2.75) is 24.6 Å². The van der Waals surface area contributed by atoms with Crippen molar-refractivity contribution in [1.82, 2.24) is 0 Å². The third kappa shape index (κ3) is 7.35. The van der Waals surface area contributed by atoms with E-state index in [9.17, 15) is 5.11 Å². The molecule has 0 saturated carbocycles. The fraction of sp³-hybridized carbons (Fsp3) is 0.214. The lowest BCUT2D eigenvalue weighted by Gasteiger charge is -2.27. The van der Waals surface area contributed by atoms with Gasteiger partial charge in [-0.25, -0.2) is 0 Å². The Bertz CT molecular complexity index is 986. The number of aliphatic hydroxyl groups is 1. The Morgan fingerprint density at radius 2 is 1.50 bits per heavy atom. The smallest absolute Gasteiger partial charge is 0.120 e. The molecular weight excluding hydrogens is 428 g/mol. The maximum absolute atomic E-state index is 10.1. The van der Waals surface area contributed by atoms with Crippen LogP contribution >= 0.6 is 11.8 Å². The average molecular weight is 461 g/mol. The summed E-state index contributed by atoms with van der Waals surface area (Å²) in [6.07, 6.45) is 6.33. The van der Waals surface area contributed by atoms with Crippen molar-refractivity contribution in [3.63, 3.8) is 0 Å². The first-order valence-corrected chi connectivity index (χ1v) is 14.8. The van der Waals surface area contributed by atoms with Crippen molar-refractivity contribution < 1.29 is 9.84 Å². The van der Waals surface area contributed by atoms with Crippen LogP contribution < -0.4 is 5.19 Å². The van der Waals surface area contributed by atoms with Gasteiger partial charge in [0.2, 0.25) is 0 Å². The van der Waals surface area contributed by atoms with Crippen LogP contribution in [-0.4, -0.2) is 26.4 Å². The highest BCUT2D eigenvalue weighted by atomic mass is 32.2. The molecule has 0 aliphatic heterocycles. The van der Waals surface area contributed by atoms with Crippen molar-refractivity contribution in [2.75, 3.05) is 13.2 Å². The molecule has 0 heterocycles. The van der Waals surface area contributed by atoms with Gasteiger partial charge in [0, 0.05) is 10.8 Å². The Hall–Kier alpha value is -2.37. The summed E-state index contributed by atoms with van der Waals surface area (Å²) in [4.78, 5) is 1.22. The van der Waals surface area contributed by atoms with E-state index in [1.165, 1.54) is 14.6 Å². The van der Waals surface area contributed by atoms with Crippen molar-refractivity contribution >= 4 is 25.0 Å². The Morgan fingerprint density at radius 3 is 2.12 bits per heavy atom. The molecule has 0 aromatic heterocycles. The molecule has 3 rings (SSSR count). The summed E-state index contributed by atoms with van der Waals surface area (Å²) in [6, 6.07) is 31.4. The largest absolute Gasteiger partial charge is 0.395 e. The minimum absolute atomic E-state index is 0.0444. The first-order chi connectivity index (χ1) is 15.6. The molecule has 0 spiro atoms. The van der Waals surface area contributed by atoms with E-state index >= 15 is 0 Å². The molecule has 166 valence electrons. The Morgan fingerprint density at radius 1 is 0.906 bits per heavy atom. The number of hydrogen-bond donors (Lipinski definition) is 1. The van der Waals surface area contributed by atoms with E-state index in [0.717, 1.165) is 5.56 Å². The number of rotatable bonds is 11. The van der Waals surface area contributed by atoms with Gasteiger partial charge in [-0.1, -0.05) is 127 Å². The van der Waals surface area contributed by atoms with Gasteiger partial charge in [0.25, 0.3) is 0 Å². The van der Waals surface area contributed by atoms with Gasteiger partial charge in [-0.3, -0.25) is 0 Å². The van der Waals surface area contributed by atoms with Crippen LogP contribution in [0.4, 0.5) is 0 Å². The highest BCUT2D eigenvalue weighted by molar-refractivity contribution is 8.05. The van der Waals surface area contributed by atoms with Gasteiger partial charge >= 0.3 is 0 Å². The van der Waals surface area contributed by atoms with Gasteiger partial charge in [-0.05, 0) is 22.2 Å². The predicted octanol–water partition coefficient (Wildman–Crippen LogP) is 6.20. The second kappa shape index (κ2) is 12.6. The lowest BCUT2D eigenvalue weighted by molar-refractivity contribution is 0.148. The molecule has 0 unspecified atom stereocenters. The van der Waals surface area contributed by atoms with E-state index in [4.69, 9.17) is 4.74 Å². The summed E-state index contributed by atoms with van der Waals surface area (Å²) in [5.41, 5.74) is 1.16. The zero-order chi connectivity index (χ0) is 22.7. The Balaban J connectivity index is 1.74. The van der Waals surface area contributed by atoms with Crippen LogP contribution in [0.15, 0.2) is 119 Å². The zero-order valence-electron chi connectivity index (χ0n) is 18.9. The maximum Gasteiger partial charge on any atom is 0.120 e. The SMILES string of the molecule is C[Si](C)(/C(=C/[C@H](/C=C/COCc1ccccc1)CO)Sc1ccccc1)c1ccccc1. The Labute approximate surface area is 197 Å². The number of thioether (sulfide) groups is 1. The van der Waals surface area contributed by atoms with E-state index in [-0.39, 0.29) is 12.5 Å². The average Bonchev–Trinajstić information content (AvgIpc) is 2.84. The van der Waals surface area contributed by atoms with Gasteiger partial charge < -0.3 is 9.84 Å². The molecule has 3 aromatic rings. The van der Waals surface area contributed by atoms with Crippen molar-refractivity contribution in [3.05, 3.63) is 119 Å². The van der Waals surface area contributed by atoms with Crippen molar-refractivity contribution in [1.29, 1.82) is 0 Å². The molecule has 0 amide bonds. The molecule has 0 aliphatic rings. The van der Waals surface area contributed by atoms with Crippen LogP contribution in [0.5, 0.6) is 0 Å². The standard InChI is InChI=1S/C28H32O2SSi/c1-32(2,27-18-10-5-11-19-27)28(31-26-16-8-4-9-17-26)21-25(22-29)15-12-20-30-23-24-13-6-3-7-14-24/h3-19,21,25,29H,20,22-23H2,1-2H3/b15-12+,28-21+/t25-/m0/s1. The van der Waals surface area contributed by atoms with Crippen molar-refractivity contribution in [2.24, 2.45) is 5.92 Å². The molecule has 0 bridgehead atoms. The molecule has 0 aliphatic carbocycles. The monoisotopic (exact) mass is 460 g/mol. The van der Waals surface area contributed by atoms with Gasteiger partial charge in [-0.2, -0.15) is 0 Å². The van der Waals surface area contributed by atoms with Crippen LogP contribution in [0.25, 0.3) is 0 Å². The second-order valence-corrected chi connectivity index (χ2v) is 14.1. The molecule has 3 aromatic carbocycles. The molecule has 1 N–H and O–H groups in total. The van der Waals surface area contributed by atoms with Gasteiger partial charge in [0.05, 0.1) is 19.8 Å². The zero-order valence-corrected chi connectivity index (χ0v) is 20.7. The number of aliphatic hydroxyl groups excluding tert-OH is 1. The number of hydrogen-bond acceptors (Lipinski definition) is 3. The third-order valence-corrected chi connectivity index (χ3v) is 11.2. The Kier molecular flexibility index (Phi) is 9.56. The lowest BCUT2D eigenvalue weighted by Crippen LogP contribution is -2.43. The highest BCUT2D eigenvalue weighted by Gasteiger charge is 2.29. The minimum Gasteiger partial charge on any atom is -0.395 e. The van der Waals surface area contributed by atoms with Crippen LogP contribution in [0.3, 0.4) is 0 Å². The van der Waals surface area contributed by atoms with Crippen LogP contribution in [-0.2, 0) is 11.3 Å². The molecule has 1 atom stereocenters. The molecule has 2 nitrogen and oxygen atoms in total. The molecule has 0 fully saturated rings. The maximum atomic E-state index is 10.1. The number of ether oxygens (including phenoxy) is 1. The number of benzene rings is 3. The minimum atomic E-state index is -1.92. The van der Waals surface area contributed by atoms with Gasteiger partial charge in [-0.15, -0.1) is 0 Å². The summed E-state index contributed by atoms with van der Waals surface area (Å²) in [6.45, 7) is 5.96. The van der Waals surface area contributed by atoms with E-state index in [0.29, 0.717) is 13.2 Å². The summed E-state index contributed by atoms with van der Waals surface area (Å²) in [5.74, 6) is -0.0444. The fourth-order valence-corrected chi connectivity index (χ4v) is 7.85. The van der Waals surface area contributed by atoms with E-state index in [2.05, 4.69) is 92.0 Å². The van der Waals surface area contributed by atoms with Crippen LogP contribution in [0, 0.1) is 5.92 Å². The molecular formula is C28H32O2SSi. The summed E-state index contributed by atoms with van der Waals surface area (Å²) in [5, 5.41) is 11.5. The molecule has 32 heavy (non-hydrogen) atoms. The van der Waals surface area contributed by atoms with Gasteiger partial charge in [0.1, 0.15) is 8.07 Å². The molecule has 4 heteroatoms. The van der Waals surface area contributed by atoms with E-state index in [1.54, 1.807) is 0 Å². The molecule has 0 saturated heterocycles. The fourth-order valence-electron chi connectivity index (χ4n) is 3.40. The third-order valence-electron chi connectivity index (χ3n) is 5.37. The predicted molar refractivity (Wildman–Crippen MR) is 140 cm³/mol. The highest BCUT2D eigenvalue weighted by Crippen LogP contribution is 2.34. The molecule has 0 radical (unpaired) electrons. The van der Waals surface area contributed by atoms with E-state index in [1.807, 2.05) is 42.1 Å². The summed E-state index contributed by atoms with van der Waals surface area (Å²) < 4.78 is 7.12. The topological polar surface area (TPSA) is 29.5 Å². The van der Waals surface area contributed by atoms with Crippen LogP contribution in [0.2, 0.25) is 13.1 Å². The van der Waals surface area contributed by atoms with Crippen molar-refractivity contribution in [3.8, 4) is 0 Å². The summed E-state index contributed by atoms with van der Waals surface area (Å²) >= 11 is 1.82. The quantitative estimate of drug-likeness (QED) is 0.160. The normalized spacial score (nSPS) is 13.4. The van der Waals surface area contributed by atoms with Crippen LogP contribution in [0.1, 0.15) is 5.56 Å². The second-order valence-electron chi connectivity index (χ2n) is 8.21. The van der Waals surface area contributed by atoms with E-state index < -0.39 is 8.07 Å². The first kappa shape index (κ1) is 24.3. The summed E-state index contributed by atoms with van der Waals surface area (Å²) in [7, 11) is -1.92. The first-order valence-electron chi connectivity index (χ1n) is 11.0. The van der Waals surface area contributed by atoms with Gasteiger partial charge in [0.15, 0.2) is 0 Å². The lowest BCUT2D eigenvalue weighted by atomic mass is 10.1.